The number of nitrogens with one attached hydrogen (secondary N) is 2. The van der Waals surface area contributed by atoms with Gasteiger partial charge in [0.1, 0.15) is 12.1 Å². The van der Waals surface area contributed by atoms with Gasteiger partial charge in [0.25, 0.3) is 0 Å². The Morgan fingerprint density at radius 3 is 2.49 bits per heavy atom. The van der Waals surface area contributed by atoms with Crippen molar-refractivity contribution in [2.24, 2.45) is 35.0 Å². The smallest absolute Gasteiger partial charge is 0.240 e. The zero-order valence-corrected chi connectivity index (χ0v) is 26.6. The maximum Gasteiger partial charge on any atom is 0.240 e. The molecule has 1 heterocycles. The van der Waals surface area contributed by atoms with Crippen LogP contribution in [0.25, 0.3) is 0 Å². The first-order chi connectivity index (χ1) is 19.3. The van der Waals surface area contributed by atoms with Crippen LogP contribution in [0.2, 0.25) is 0 Å². The highest BCUT2D eigenvalue weighted by molar-refractivity contribution is 5.82. The van der Waals surface area contributed by atoms with Crippen molar-refractivity contribution in [3.05, 3.63) is 35.4 Å². The summed E-state index contributed by atoms with van der Waals surface area (Å²) >= 11 is 0. The molecule has 1 saturated heterocycles. The summed E-state index contributed by atoms with van der Waals surface area (Å²) in [6, 6.07) is 8.24. The highest BCUT2D eigenvalue weighted by Gasteiger charge is 2.57. The Bertz CT molecular complexity index is 1000. The Kier molecular flexibility index (Phi) is 10.6. The summed E-state index contributed by atoms with van der Waals surface area (Å²) in [5, 5.41) is 29.6. The number of hydrogen-bond acceptors (Lipinski definition) is 7. The lowest BCUT2D eigenvalue weighted by Gasteiger charge is -2.62. The molecule has 8 nitrogen and oxygen atoms in total. The number of nitrogens with zero attached hydrogens (tertiary/aromatic N) is 2. The molecule has 1 amide bonds. The summed E-state index contributed by atoms with van der Waals surface area (Å²) in [7, 11) is 4.22. The molecular weight excluding hydrogens is 516 g/mol. The molecule has 1 aromatic rings. The fourth-order valence-electron chi connectivity index (χ4n) is 8.00. The van der Waals surface area contributed by atoms with E-state index in [1.165, 1.54) is 12.0 Å². The van der Waals surface area contributed by atoms with Crippen molar-refractivity contribution in [1.82, 2.24) is 20.6 Å². The molecule has 41 heavy (non-hydrogen) atoms. The summed E-state index contributed by atoms with van der Waals surface area (Å²) in [5.41, 5.74) is 2.56. The maximum absolute atomic E-state index is 13.9. The third-order valence-electron chi connectivity index (χ3n) is 10.3. The Hall–Kier alpha value is -1.55. The van der Waals surface area contributed by atoms with Crippen molar-refractivity contribution < 1.29 is 19.8 Å². The van der Waals surface area contributed by atoms with Gasteiger partial charge in [-0.05, 0) is 80.5 Å². The third kappa shape index (κ3) is 7.34. The molecule has 3 saturated carbocycles. The Labute approximate surface area is 248 Å². The van der Waals surface area contributed by atoms with Gasteiger partial charge in [-0.25, -0.2) is 0 Å². The van der Waals surface area contributed by atoms with Crippen LogP contribution in [-0.4, -0.2) is 83.7 Å². The van der Waals surface area contributed by atoms with Crippen LogP contribution in [-0.2, 0) is 22.7 Å². The molecule has 1 aromatic carbocycles. The van der Waals surface area contributed by atoms with Crippen LogP contribution >= 0.6 is 0 Å². The van der Waals surface area contributed by atoms with E-state index in [1.807, 2.05) is 6.07 Å². The third-order valence-corrected chi connectivity index (χ3v) is 10.3. The van der Waals surface area contributed by atoms with E-state index in [4.69, 9.17) is 4.84 Å². The number of aliphatic hydroxyl groups excluding tert-OH is 2. The van der Waals surface area contributed by atoms with Gasteiger partial charge in [-0.2, -0.15) is 5.06 Å². The monoisotopic (exact) mass is 572 g/mol. The van der Waals surface area contributed by atoms with Crippen molar-refractivity contribution >= 4 is 5.91 Å². The molecule has 0 radical (unpaired) electrons. The molecule has 4 N–H and O–H groups in total. The number of likely N-dealkylation sites (N-methyl/N-ethyl adjacent to an activating group) is 1. The van der Waals surface area contributed by atoms with Crippen molar-refractivity contribution in [2.45, 2.75) is 104 Å². The largest absolute Gasteiger partial charge is 0.394 e. The molecule has 5 unspecified atom stereocenters. The summed E-state index contributed by atoms with van der Waals surface area (Å²) in [4.78, 5) is 22.3. The van der Waals surface area contributed by atoms with E-state index in [-0.39, 0.29) is 18.6 Å². The average molecular weight is 573 g/mol. The minimum Gasteiger partial charge on any atom is -0.394 e. The second-order valence-corrected chi connectivity index (χ2v) is 14.5. The number of carbonyl (C=O) groups is 1. The standard InChI is InChI=1S/C33H56N4O4/c1-20(2)12-26(18-36(7)8)34-16-23-10-9-11-24(13-23)17-37-31(30(22(4)39)29(19-38)41-37)32(40)35-28-15-25-14-27(21(28)3)33(25,5)6/h9-11,13,20-22,25-31,34,38-39H,12,14-19H2,1-8H3,(H,35,40)/t21-,22-,25?,26?,27?,28?,29-,30?,31-/m0/s1. The van der Waals surface area contributed by atoms with Gasteiger partial charge in [0.15, 0.2) is 0 Å². The minimum absolute atomic E-state index is 0.110. The molecule has 0 spiro atoms. The molecule has 232 valence electrons. The predicted molar refractivity (Wildman–Crippen MR) is 163 cm³/mol. The van der Waals surface area contributed by atoms with E-state index in [2.05, 4.69) is 82.4 Å². The fraction of sp³-hybridized carbons (Fsp3) is 0.788. The lowest BCUT2D eigenvalue weighted by atomic mass is 9.45. The lowest BCUT2D eigenvalue weighted by Crippen LogP contribution is -2.62. The molecule has 4 aliphatic rings. The van der Waals surface area contributed by atoms with Crippen molar-refractivity contribution in [3.8, 4) is 0 Å². The molecular formula is C33H56N4O4. The second kappa shape index (κ2) is 13.4. The summed E-state index contributed by atoms with van der Waals surface area (Å²) in [5.74, 6) is 1.65. The number of benzene rings is 1. The first kappa shape index (κ1) is 32.4. The van der Waals surface area contributed by atoms with Crippen LogP contribution in [0, 0.1) is 35.0 Å². The van der Waals surface area contributed by atoms with E-state index in [9.17, 15) is 15.0 Å². The molecule has 0 aromatic heterocycles. The van der Waals surface area contributed by atoms with E-state index < -0.39 is 24.2 Å². The summed E-state index contributed by atoms with van der Waals surface area (Å²) in [6.07, 6.45) is 1.93. The summed E-state index contributed by atoms with van der Waals surface area (Å²) in [6.45, 7) is 15.1. The second-order valence-electron chi connectivity index (χ2n) is 14.5. The normalized spacial score (nSPS) is 32.6. The minimum atomic E-state index is -0.797. The van der Waals surface area contributed by atoms with Gasteiger partial charge >= 0.3 is 0 Å². The quantitative estimate of drug-likeness (QED) is 0.288. The number of aliphatic hydroxyl groups is 2. The number of hydroxylamine groups is 2. The van der Waals surface area contributed by atoms with Gasteiger partial charge in [-0.15, -0.1) is 0 Å². The van der Waals surface area contributed by atoms with E-state index in [0.717, 1.165) is 31.5 Å². The highest BCUT2D eigenvalue weighted by atomic mass is 16.7. The first-order valence-electron chi connectivity index (χ1n) is 15.8. The van der Waals surface area contributed by atoms with Crippen LogP contribution in [0.1, 0.15) is 71.9 Å². The van der Waals surface area contributed by atoms with Gasteiger partial charge in [0, 0.05) is 31.1 Å². The van der Waals surface area contributed by atoms with Crippen LogP contribution in [0.15, 0.2) is 24.3 Å². The van der Waals surface area contributed by atoms with Gasteiger partial charge in [0.2, 0.25) is 5.91 Å². The van der Waals surface area contributed by atoms with Gasteiger partial charge in [0.05, 0.1) is 19.3 Å². The fourth-order valence-corrected chi connectivity index (χ4v) is 8.00. The number of fused-ring (bicyclic) bond motifs is 2. The molecule has 9 atom stereocenters. The Morgan fingerprint density at radius 2 is 1.90 bits per heavy atom. The number of rotatable bonds is 13. The molecule has 3 aliphatic carbocycles. The van der Waals surface area contributed by atoms with Crippen LogP contribution < -0.4 is 10.6 Å². The van der Waals surface area contributed by atoms with Crippen LogP contribution in [0.3, 0.4) is 0 Å². The molecule has 5 rings (SSSR count). The average Bonchev–Trinajstić information content (AvgIpc) is 3.26. The van der Waals surface area contributed by atoms with Gasteiger partial charge in [-0.3, -0.25) is 9.63 Å². The van der Waals surface area contributed by atoms with Crippen LogP contribution in [0.4, 0.5) is 0 Å². The van der Waals surface area contributed by atoms with Crippen molar-refractivity contribution in [1.29, 1.82) is 0 Å². The lowest BCUT2D eigenvalue weighted by molar-refractivity contribution is -0.183. The van der Waals surface area contributed by atoms with Gasteiger partial charge in [-0.1, -0.05) is 58.9 Å². The molecule has 4 fully saturated rings. The van der Waals surface area contributed by atoms with Crippen molar-refractivity contribution in [2.75, 3.05) is 27.2 Å². The van der Waals surface area contributed by atoms with E-state index in [0.29, 0.717) is 41.7 Å². The van der Waals surface area contributed by atoms with Crippen LogP contribution in [0.5, 0.6) is 0 Å². The molecule has 2 bridgehead atoms. The topological polar surface area (TPSA) is 97.3 Å². The first-order valence-corrected chi connectivity index (χ1v) is 15.8. The summed E-state index contributed by atoms with van der Waals surface area (Å²) < 4.78 is 0. The van der Waals surface area contributed by atoms with Gasteiger partial charge < -0.3 is 25.7 Å². The Balaban J connectivity index is 1.46. The zero-order valence-electron chi connectivity index (χ0n) is 26.6. The highest BCUT2D eigenvalue weighted by Crippen LogP contribution is 2.61. The predicted octanol–water partition coefficient (Wildman–Crippen LogP) is 3.41. The number of carbonyl (C=O) groups excluding carboxylic acids is 1. The maximum atomic E-state index is 13.9. The molecule has 8 heteroatoms. The SMILES string of the molecule is CC(C)CC(CN(C)C)NCc1cccc(CN2O[C@@H](CO)C([C@H](C)O)[C@H]2C(=O)NC2CC3CC([C@@H]2C)C3(C)C)c1. The van der Waals surface area contributed by atoms with E-state index >= 15 is 0 Å². The van der Waals surface area contributed by atoms with E-state index in [1.54, 1.807) is 12.0 Å². The van der Waals surface area contributed by atoms with Crippen molar-refractivity contribution in [3.63, 3.8) is 0 Å². The number of amides is 1. The Morgan fingerprint density at radius 1 is 1.20 bits per heavy atom. The molecule has 1 aliphatic heterocycles. The number of hydrogen-bond donors (Lipinski definition) is 4. The zero-order chi connectivity index (χ0) is 30.1.